The molecule has 2 aliphatic rings. The highest BCUT2D eigenvalue weighted by atomic mass is 15.4. The number of nitrogens with zero attached hydrogens (tertiary/aromatic N) is 7. The molecule has 0 saturated carbocycles. The molecule has 7 nitrogen and oxygen atoms in total. The first kappa shape index (κ1) is 16.2. The van der Waals surface area contributed by atoms with Crippen molar-refractivity contribution in [3.05, 3.63) is 46.5 Å². The molecule has 7 heteroatoms. The molecule has 0 spiro atoms. The molecule has 27 heavy (non-hydrogen) atoms. The van der Waals surface area contributed by atoms with Gasteiger partial charge in [-0.2, -0.15) is 14.9 Å². The number of rotatable bonds is 2. The molecule has 4 heterocycles. The van der Waals surface area contributed by atoms with Gasteiger partial charge in [0.1, 0.15) is 11.9 Å². The summed E-state index contributed by atoms with van der Waals surface area (Å²) in [6, 6.07) is 8.32. The lowest BCUT2D eigenvalue weighted by Gasteiger charge is -2.32. The van der Waals surface area contributed by atoms with Crippen LogP contribution in [0.4, 0.5) is 5.82 Å². The highest BCUT2D eigenvalue weighted by Gasteiger charge is 2.28. The summed E-state index contributed by atoms with van der Waals surface area (Å²) < 4.78 is 1.88. The van der Waals surface area contributed by atoms with E-state index in [4.69, 9.17) is 4.98 Å². The Morgan fingerprint density at radius 2 is 2.00 bits per heavy atom. The zero-order valence-corrected chi connectivity index (χ0v) is 15.4. The van der Waals surface area contributed by atoms with Crippen molar-refractivity contribution in [2.24, 2.45) is 0 Å². The molecule has 0 N–H and O–H groups in total. The van der Waals surface area contributed by atoms with Crippen molar-refractivity contribution in [3.63, 3.8) is 0 Å². The van der Waals surface area contributed by atoms with E-state index in [0.717, 1.165) is 68.2 Å². The Morgan fingerprint density at radius 1 is 1.15 bits per heavy atom. The summed E-state index contributed by atoms with van der Waals surface area (Å²) >= 11 is 0. The molecule has 1 fully saturated rings. The highest BCUT2D eigenvalue weighted by Crippen LogP contribution is 2.32. The van der Waals surface area contributed by atoms with E-state index in [1.165, 1.54) is 11.3 Å². The summed E-state index contributed by atoms with van der Waals surface area (Å²) in [7, 11) is 0. The van der Waals surface area contributed by atoms with Gasteiger partial charge in [0, 0.05) is 24.7 Å². The third-order valence-electron chi connectivity index (χ3n) is 5.73. The minimum Gasteiger partial charge on any atom is -0.355 e. The number of fused-ring (bicyclic) bond motifs is 2. The maximum atomic E-state index is 9.58. The lowest BCUT2D eigenvalue weighted by Crippen LogP contribution is -2.34. The zero-order valence-electron chi connectivity index (χ0n) is 15.4. The van der Waals surface area contributed by atoms with Crippen molar-refractivity contribution in [1.82, 2.24) is 24.8 Å². The van der Waals surface area contributed by atoms with Gasteiger partial charge in [-0.05, 0) is 62.8 Å². The Hall–Kier alpha value is -3.01. The first-order chi connectivity index (χ1) is 13.2. The summed E-state index contributed by atoms with van der Waals surface area (Å²) in [6.07, 6.45) is 5.14. The Morgan fingerprint density at radius 3 is 2.81 bits per heavy atom. The summed E-state index contributed by atoms with van der Waals surface area (Å²) in [4.78, 5) is 7.11. The van der Waals surface area contributed by atoms with Crippen LogP contribution in [0, 0.1) is 18.3 Å². The maximum Gasteiger partial charge on any atom is 0.177 e. The maximum absolute atomic E-state index is 9.58. The fourth-order valence-electron chi connectivity index (χ4n) is 4.29. The molecule has 0 radical (unpaired) electrons. The number of hydrogen-bond donors (Lipinski definition) is 0. The van der Waals surface area contributed by atoms with Crippen LogP contribution in [0.3, 0.4) is 0 Å². The minimum absolute atomic E-state index is 0.325. The van der Waals surface area contributed by atoms with E-state index in [9.17, 15) is 5.26 Å². The summed E-state index contributed by atoms with van der Waals surface area (Å²) in [6.45, 7) is 3.71. The van der Waals surface area contributed by atoms with Crippen molar-refractivity contribution < 1.29 is 0 Å². The molecular formula is C20H21N7. The molecule has 0 atom stereocenters. The summed E-state index contributed by atoms with van der Waals surface area (Å²) in [5, 5.41) is 22.8. The van der Waals surface area contributed by atoms with E-state index in [2.05, 4.69) is 32.3 Å². The molecule has 0 unspecified atom stereocenters. The molecule has 0 amide bonds. The second-order valence-electron chi connectivity index (χ2n) is 7.49. The molecule has 5 rings (SSSR count). The predicted molar refractivity (Wildman–Crippen MR) is 101 cm³/mol. The molecule has 136 valence electrons. The van der Waals surface area contributed by atoms with Gasteiger partial charge in [0.05, 0.1) is 11.3 Å². The fraction of sp³-hybridized carbons (Fsp3) is 0.450. The van der Waals surface area contributed by atoms with Crippen LogP contribution in [-0.4, -0.2) is 37.9 Å². The van der Waals surface area contributed by atoms with Gasteiger partial charge in [-0.3, -0.25) is 0 Å². The topological polar surface area (TPSA) is 83.0 Å². The fourth-order valence-corrected chi connectivity index (χ4v) is 4.29. The Kier molecular flexibility index (Phi) is 3.78. The lowest BCUT2D eigenvalue weighted by molar-refractivity contribution is 0.474. The third-order valence-corrected chi connectivity index (χ3v) is 5.73. The van der Waals surface area contributed by atoms with E-state index in [0.29, 0.717) is 11.5 Å². The SMILES string of the molecule is Cc1ccc2nnc(C3CCN(c4nc5c(cc4C#N)CCC5)CC3)n2n1. The average Bonchev–Trinajstić information content (AvgIpc) is 3.33. The standard InChI is InChI=1S/C20H21N7/c1-13-5-6-18-23-24-20(27(18)25-13)14-7-9-26(10-8-14)19-16(12-21)11-15-3-2-4-17(15)22-19/h5-6,11,14H,2-4,7-10H2,1H3. The Labute approximate surface area is 157 Å². The molecule has 1 saturated heterocycles. The number of aryl methyl sites for hydroxylation is 3. The molecule has 0 bridgehead atoms. The first-order valence-corrected chi connectivity index (χ1v) is 9.60. The summed E-state index contributed by atoms with van der Waals surface area (Å²) in [5.74, 6) is 2.12. The summed E-state index contributed by atoms with van der Waals surface area (Å²) in [5.41, 5.74) is 4.89. The van der Waals surface area contributed by atoms with Gasteiger partial charge in [0.25, 0.3) is 0 Å². The number of aromatic nitrogens is 5. The van der Waals surface area contributed by atoms with Crippen LogP contribution in [0.1, 0.15) is 53.5 Å². The van der Waals surface area contributed by atoms with E-state index < -0.39 is 0 Å². The van der Waals surface area contributed by atoms with E-state index in [1.54, 1.807) is 0 Å². The van der Waals surface area contributed by atoms with E-state index >= 15 is 0 Å². The quantitative estimate of drug-likeness (QED) is 0.699. The van der Waals surface area contributed by atoms with Crippen LogP contribution < -0.4 is 4.90 Å². The third kappa shape index (κ3) is 2.72. The molecular weight excluding hydrogens is 338 g/mol. The smallest absolute Gasteiger partial charge is 0.177 e. The van der Waals surface area contributed by atoms with Crippen LogP contribution in [0.5, 0.6) is 0 Å². The second kappa shape index (κ2) is 6.31. The van der Waals surface area contributed by atoms with Crippen LogP contribution in [0.2, 0.25) is 0 Å². The van der Waals surface area contributed by atoms with E-state index in [1.807, 2.05) is 23.6 Å². The molecule has 3 aromatic rings. The van der Waals surface area contributed by atoms with Gasteiger partial charge in [-0.15, -0.1) is 10.2 Å². The van der Waals surface area contributed by atoms with Gasteiger partial charge in [0.2, 0.25) is 0 Å². The Bertz CT molecular complexity index is 1050. The van der Waals surface area contributed by atoms with Crippen molar-refractivity contribution in [2.45, 2.75) is 44.9 Å². The van der Waals surface area contributed by atoms with Crippen molar-refractivity contribution >= 4 is 11.5 Å². The van der Waals surface area contributed by atoms with Gasteiger partial charge < -0.3 is 4.90 Å². The molecule has 1 aliphatic heterocycles. The zero-order chi connectivity index (χ0) is 18.4. The highest BCUT2D eigenvalue weighted by molar-refractivity contribution is 5.57. The van der Waals surface area contributed by atoms with Gasteiger partial charge in [-0.25, -0.2) is 4.98 Å². The number of nitriles is 1. The minimum atomic E-state index is 0.325. The van der Waals surface area contributed by atoms with E-state index in [-0.39, 0.29) is 0 Å². The molecule has 0 aromatic carbocycles. The Balaban J connectivity index is 1.39. The monoisotopic (exact) mass is 359 g/mol. The van der Waals surface area contributed by atoms with Crippen molar-refractivity contribution in [2.75, 3.05) is 18.0 Å². The lowest BCUT2D eigenvalue weighted by atomic mass is 9.95. The van der Waals surface area contributed by atoms with Gasteiger partial charge >= 0.3 is 0 Å². The van der Waals surface area contributed by atoms with Crippen LogP contribution in [0.15, 0.2) is 18.2 Å². The van der Waals surface area contributed by atoms with Crippen LogP contribution in [-0.2, 0) is 12.8 Å². The second-order valence-corrected chi connectivity index (χ2v) is 7.49. The predicted octanol–water partition coefficient (Wildman–Crippen LogP) is 2.57. The van der Waals surface area contributed by atoms with Gasteiger partial charge in [-0.1, -0.05) is 0 Å². The molecule has 3 aromatic heterocycles. The normalized spacial score (nSPS) is 17.3. The van der Waals surface area contributed by atoms with Crippen LogP contribution >= 0.6 is 0 Å². The largest absolute Gasteiger partial charge is 0.355 e. The number of anilines is 1. The van der Waals surface area contributed by atoms with Crippen molar-refractivity contribution in [3.8, 4) is 6.07 Å². The van der Waals surface area contributed by atoms with Gasteiger partial charge in [0.15, 0.2) is 11.5 Å². The first-order valence-electron chi connectivity index (χ1n) is 9.60. The van der Waals surface area contributed by atoms with Crippen LogP contribution in [0.25, 0.3) is 5.65 Å². The molecule has 1 aliphatic carbocycles. The van der Waals surface area contributed by atoms with Crippen molar-refractivity contribution in [1.29, 1.82) is 5.26 Å². The number of pyridine rings is 1. The number of piperidine rings is 1. The number of hydrogen-bond acceptors (Lipinski definition) is 6. The average molecular weight is 359 g/mol.